The lowest BCUT2D eigenvalue weighted by molar-refractivity contribution is -0.000189. The summed E-state index contributed by atoms with van der Waals surface area (Å²) in [6.07, 6.45) is 0.656. The standard InChI is InChI=1S/C12H15F2NO/c1-8-5-9(11(14)10(13)6-8)12(16-2)3-4-15-7-12/h5-6,15H,3-4,7H2,1-2H3. The van der Waals surface area contributed by atoms with Crippen LogP contribution in [-0.4, -0.2) is 20.2 Å². The maximum atomic E-state index is 13.8. The van der Waals surface area contributed by atoms with Crippen LogP contribution in [0.15, 0.2) is 12.1 Å². The van der Waals surface area contributed by atoms with Gasteiger partial charge in [0, 0.05) is 19.2 Å². The van der Waals surface area contributed by atoms with E-state index in [0.717, 1.165) is 6.54 Å². The summed E-state index contributed by atoms with van der Waals surface area (Å²) in [5.74, 6) is -1.60. The third kappa shape index (κ3) is 1.72. The van der Waals surface area contributed by atoms with E-state index in [2.05, 4.69) is 5.32 Å². The SMILES string of the molecule is COC1(c2cc(C)cc(F)c2F)CCNC1. The molecule has 1 aromatic carbocycles. The van der Waals surface area contributed by atoms with E-state index in [9.17, 15) is 8.78 Å². The predicted octanol–water partition coefficient (Wildman–Crippen LogP) is 2.11. The zero-order chi connectivity index (χ0) is 11.8. The monoisotopic (exact) mass is 227 g/mol. The van der Waals surface area contributed by atoms with E-state index in [-0.39, 0.29) is 0 Å². The van der Waals surface area contributed by atoms with Gasteiger partial charge in [-0.25, -0.2) is 8.78 Å². The maximum absolute atomic E-state index is 13.8. The fourth-order valence-electron chi connectivity index (χ4n) is 2.24. The zero-order valence-corrected chi connectivity index (χ0v) is 9.44. The molecular weight excluding hydrogens is 212 g/mol. The minimum Gasteiger partial charge on any atom is -0.372 e. The Morgan fingerprint density at radius 2 is 2.12 bits per heavy atom. The number of benzene rings is 1. The second kappa shape index (κ2) is 4.11. The molecule has 1 unspecified atom stereocenters. The lowest BCUT2D eigenvalue weighted by Gasteiger charge is -2.28. The van der Waals surface area contributed by atoms with E-state index in [1.165, 1.54) is 13.2 Å². The van der Waals surface area contributed by atoms with Crippen molar-refractivity contribution in [2.24, 2.45) is 0 Å². The molecule has 2 rings (SSSR count). The average molecular weight is 227 g/mol. The molecule has 1 N–H and O–H groups in total. The van der Waals surface area contributed by atoms with Crippen molar-refractivity contribution in [1.29, 1.82) is 0 Å². The molecule has 1 fully saturated rings. The first-order valence-corrected chi connectivity index (χ1v) is 5.31. The van der Waals surface area contributed by atoms with E-state index in [4.69, 9.17) is 4.74 Å². The van der Waals surface area contributed by atoms with Crippen LogP contribution in [0.4, 0.5) is 8.78 Å². The summed E-state index contributed by atoms with van der Waals surface area (Å²) in [4.78, 5) is 0. The quantitative estimate of drug-likeness (QED) is 0.835. The average Bonchev–Trinajstić information content (AvgIpc) is 2.73. The molecule has 0 bridgehead atoms. The van der Waals surface area contributed by atoms with Crippen molar-refractivity contribution in [3.63, 3.8) is 0 Å². The molecule has 1 aliphatic rings. The van der Waals surface area contributed by atoms with E-state index in [1.807, 2.05) is 0 Å². The lowest BCUT2D eigenvalue weighted by Crippen LogP contribution is -2.32. The summed E-state index contributed by atoms with van der Waals surface area (Å²) in [5, 5.41) is 3.11. The van der Waals surface area contributed by atoms with Crippen molar-refractivity contribution < 1.29 is 13.5 Å². The Labute approximate surface area is 93.6 Å². The van der Waals surface area contributed by atoms with Gasteiger partial charge in [0.05, 0.1) is 0 Å². The summed E-state index contributed by atoms with van der Waals surface area (Å²) in [7, 11) is 1.53. The van der Waals surface area contributed by atoms with Crippen molar-refractivity contribution in [2.75, 3.05) is 20.2 Å². The summed E-state index contributed by atoms with van der Waals surface area (Å²) in [6.45, 7) is 3.02. The number of hydrogen-bond acceptors (Lipinski definition) is 2. The van der Waals surface area contributed by atoms with E-state index in [1.54, 1.807) is 13.0 Å². The number of nitrogens with one attached hydrogen (secondary N) is 1. The first-order valence-electron chi connectivity index (χ1n) is 5.31. The Morgan fingerprint density at radius 1 is 1.38 bits per heavy atom. The third-order valence-corrected chi connectivity index (χ3v) is 3.17. The number of hydrogen-bond donors (Lipinski definition) is 1. The second-order valence-electron chi connectivity index (χ2n) is 4.23. The summed E-state index contributed by atoms with van der Waals surface area (Å²) in [6, 6.07) is 2.86. The van der Waals surface area contributed by atoms with Crippen LogP contribution in [0.1, 0.15) is 17.5 Å². The Hall–Kier alpha value is -1.00. The normalized spacial score (nSPS) is 25.0. The van der Waals surface area contributed by atoms with Crippen molar-refractivity contribution >= 4 is 0 Å². The van der Waals surface area contributed by atoms with Crippen molar-refractivity contribution in [3.8, 4) is 0 Å². The van der Waals surface area contributed by atoms with Crippen LogP contribution < -0.4 is 5.32 Å². The molecule has 1 atom stereocenters. The first kappa shape index (κ1) is 11.5. The van der Waals surface area contributed by atoms with Crippen LogP contribution in [0.2, 0.25) is 0 Å². The van der Waals surface area contributed by atoms with Gasteiger partial charge < -0.3 is 10.1 Å². The maximum Gasteiger partial charge on any atom is 0.164 e. The number of aryl methyl sites for hydroxylation is 1. The number of ether oxygens (including phenoxy) is 1. The number of methoxy groups -OCH3 is 1. The number of halogens is 2. The highest BCUT2D eigenvalue weighted by Gasteiger charge is 2.38. The molecule has 0 amide bonds. The van der Waals surface area contributed by atoms with Gasteiger partial charge in [-0.1, -0.05) is 0 Å². The van der Waals surface area contributed by atoms with Crippen LogP contribution in [-0.2, 0) is 10.3 Å². The van der Waals surface area contributed by atoms with Gasteiger partial charge in [-0.3, -0.25) is 0 Å². The van der Waals surface area contributed by atoms with Gasteiger partial charge in [-0.05, 0) is 37.6 Å². The van der Waals surface area contributed by atoms with Gasteiger partial charge in [0.1, 0.15) is 5.60 Å². The third-order valence-electron chi connectivity index (χ3n) is 3.17. The molecule has 0 spiro atoms. The molecule has 88 valence electrons. The minimum absolute atomic E-state index is 0.317. The Bertz CT molecular complexity index is 400. The Morgan fingerprint density at radius 3 is 2.69 bits per heavy atom. The van der Waals surface area contributed by atoms with Gasteiger partial charge in [0.25, 0.3) is 0 Å². The Balaban J connectivity index is 2.53. The van der Waals surface area contributed by atoms with Crippen molar-refractivity contribution in [2.45, 2.75) is 18.9 Å². The number of rotatable bonds is 2. The van der Waals surface area contributed by atoms with Crippen LogP contribution in [0.25, 0.3) is 0 Å². The van der Waals surface area contributed by atoms with Gasteiger partial charge in [0.2, 0.25) is 0 Å². The molecule has 1 aromatic rings. The molecule has 0 saturated carbocycles. The summed E-state index contributed by atoms with van der Waals surface area (Å²) < 4.78 is 32.5. The van der Waals surface area contributed by atoms with Gasteiger partial charge in [0.15, 0.2) is 11.6 Å². The molecule has 1 aliphatic heterocycles. The largest absolute Gasteiger partial charge is 0.372 e. The molecule has 4 heteroatoms. The fraction of sp³-hybridized carbons (Fsp3) is 0.500. The van der Waals surface area contributed by atoms with E-state index < -0.39 is 17.2 Å². The molecule has 0 aliphatic carbocycles. The zero-order valence-electron chi connectivity index (χ0n) is 9.44. The minimum atomic E-state index is -0.807. The topological polar surface area (TPSA) is 21.3 Å². The van der Waals surface area contributed by atoms with Crippen LogP contribution >= 0.6 is 0 Å². The summed E-state index contributed by atoms with van der Waals surface area (Å²) in [5.41, 5.74) is 0.298. The Kier molecular flexibility index (Phi) is 2.95. The van der Waals surface area contributed by atoms with E-state index >= 15 is 0 Å². The highest BCUT2D eigenvalue weighted by molar-refractivity contribution is 5.31. The van der Waals surface area contributed by atoms with Crippen LogP contribution in [0, 0.1) is 18.6 Å². The predicted molar refractivity (Wildman–Crippen MR) is 57.3 cm³/mol. The molecule has 1 heterocycles. The molecule has 2 nitrogen and oxygen atoms in total. The smallest absolute Gasteiger partial charge is 0.164 e. The van der Waals surface area contributed by atoms with Gasteiger partial charge >= 0.3 is 0 Å². The van der Waals surface area contributed by atoms with E-state index in [0.29, 0.717) is 24.1 Å². The second-order valence-corrected chi connectivity index (χ2v) is 4.23. The first-order chi connectivity index (χ1) is 7.59. The highest BCUT2D eigenvalue weighted by atomic mass is 19.2. The van der Waals surface area contributed by atoms with Crippen molar-refractivity contribution in [1.82, 2.24) is 5.32 Å². The highest BCUT2D eigenvalue weighted by Crippen LogP contribution is 2.34. The fourth-order valence-corrected chi connectivity index (χ4v) is 2.24. The van der Waals surface area contributed by atoms with Gasteiger partial charge in [-0.15, -0.1) is 0 Å². The molecular formula is C12H15F2NO. The molecule has 1 saturated heterocycles. The lowest BCUT2D eigenvalue weighted by atomic mass is 9.91. The van der Waals surface area contributed by atoms with Crippen LogP contribution in [0.5, 0.6) is 0 Å². The van der Waals surface area contributed by atoms with Crippen LogP contribution in [0.3, 0.4) is 0 Å². The molecule has 16 heavy (non-hydrogen) atoms. The molecule has 0 radical (unpaired) electrons. The summed E-state index contributed by atoms with van der Waals surface area (Å²) >= 11 is 0. The van der Waals surface area contributed by atoms with Crippen molar-refractivity contribution in [3.05, 3.63) is 34.9 Å². The molecule has 0 aromatic heterocycles. The van der Waals surface area contributed by atoms with Gasteiger partial charge in [-0.2, -0.15) is 0 Å².